The van der Waals surface area contributed by atoms with Crippen molar-refractivity contribution < 1.29 is 14.3 Å². The summed E-state index contributed by atoms with van der Waals surface area (Å²) in [6, 6.07) is 24.7. The van der Waals surface area contributed by atoms with E-state index in [1.54, 1.807) is 18.2 Å². The molecule has 0 amide bonds. The third-order valence-corrected chi connectivity index (χ3v) is 12.0. The van der Waals surface area contributed by atoms with Crippen LogP contribution in [0.2, 0.25) is 0 Å². The maximum Gasteiger partial charge on any atom is 0.150 e. The van der Waals surface area contributed by atoms with Gasteiger partial charge in [-0.25, -0.2) is 4.39 Å². The molecule has 5 rings (SSSR count). The highest BCUT2D eigenvalue weighted by Gasteiger charge is 2.25. The Morgan fingerprint density at radius 2 is 1.52 bits per heavy atom. The maximum atomic E-state index is 13.1. The number of carbonyl (C=O) groups is 1. The zero-order chi connectivity index (χ0) is 44.5. The van der Waals surface area contributed by atoms with Crippen molar-refractivity contribution in [1.29, 1.82) is 0 Å². The summed E-state index contributed by atoms with van der Waals surface area (Å²) in [6.07, 6.45) is 16.0. The van der Waals surface area contributed by atoms with Gasteiger partial charge in [0.05, 0.1) is 0 Å². The molecule has 1 saturated carbocycles. The Kier molecular flexibility index (Phi) is 25.2. The minimum atomic E-state index is -0.259. The number of rotatable bonds is 19. The first-order valence-electron chi connectivity index (χ1n) is 23.3. The SMILES string of the molecule is CC.CC/C(C)=C(/C)c1cc(Cc2ccc(C=O)cc2)ccc1C.CCCCCCN(CCC)CCC(C)CC.CNc1cc(O)c(-c2ccc(F)cc2)c(C2CCC2)c1. The van der Waals surface area contributed by atoms with Gasteiger partial charge in [-0.15, -0.1) is 0 Å². The molecule has 5 heteroatoms. The average molecular weight is 821 g/mol. The number of unbranched alkanes of at least 4 members (excludes halogenated alkanes) is 3. The van der Waals surface area contributed by atoms with Crippen molar-refractivity contribution in [2.24, 2.45) is 5.92 Å². The topological polar surface area (TPSA) is 52.6 Å². The van der Waals surface area contributed by atoms with Gasteiger partial charge in [-0.3, -0.25) is 4.79 Å². The fourth-order valence-corrected chi connectivity index (χ4v) is 7.41. The summed E-state index contributed by atoms with van der Waals surface area (Å²) in [4.78, 5) is 13.4. The minimum absolute atomic E-state index is 0.255. The zero-order valence-electron chi connectivity index (χ0n) is 39.5. The normalized spacial score (nSPS) is 13.0. The average Bonchev–Trinajstić information content (AvgIpc) is 3.25. The molecule has 1 fully saturated rings. The van der Waals surface area contributed by atoms with Gasteiger partial charge in [0.1, 0.15) is 17.9 Å². The fourth-order valence-electron chi connectivity index (χ4n) is 7.41. The van der Waals surface area contributed by atoms with E-state index in [4.69, 9.17) is 0 Å². The third kappa shape index (κ3) is 17.4. The molecule has 4 aromatic carbocycles. The number of phenols is 1. The van der Waals surface area contributed by atoms with E-state index >= 15 is 0 Å². The fraction of sp³-hybridized carbons (Fsp3) is 0.509. The quantitative estimate of drug-likeness (QED) is 0.0731. The maximum absolute atomic E-state index is 13.1. The van der Waals surface area contributed by atoms with Gasteiger partial charge in [-0.05, 0) is 154 Å². The van der Waals surface area contributed by atoms with Crippen LogP contribution in [-0.4, -0.2) is 43.0 Å². The first-order chi connectivity index (χ1) is 29.0. The van der Waals surface area contributed by atoms with Gasteiger partial charge in [-0.2, -0.15) is 0 Å². The highest BCUT2D eigenvalue weighted by molar-refractivity contribution is 5.78. The number of aromatic hydroxyl groups is 1. The van der Waals surface area contributed by atoms with Gasteiger partial charge < -0.3 is 15.3 Å². The summed E-state index contributed by atoms with van der Waals surface area (Å²) in [5.41, 5.74) is 12.5. The number of halogens is 1. The van der Waals surface area contributed by atoms with E-state index in [-0.39, 0.29) is 11.6 Å². The van der Waals surface area contributed by atoms with Crippen LogP contribution >= 0.6 is 0 Å². The summed E-state index contributed by atoms with van der Waals surface area (Å²) in [5.74, 6) is 1.39. The lowest BCUT2D eigenvalue weighted by molar-refractivity contribution is 0.112. The van der Waals surface area contributed by atoms with Crippen LogP contribution in [-0.2, 0) is 6.42 Å². The standard InChI is InChI=1S/C21H24O.C17H18FNO.C15H33N.C2H6/c1-5-15(2)17(4)21-13-20(7-6-16(21)3)12-18-8-10-19(14-22)11-9-18;1-19-14-9-15(11-3-2-4-11)17(16(20)10-14)12-5-7-13(18)8-6-12;1-5-8-9-10-13-16(12-6-2)14-11-15(4)7-3;1-2/h6-11,13-14H,5,12H2,1-4H3;5-11,19-20H,2-4H2,1H3;15H,5-14H2,1-4H3;1-2H3/b17-15-;;;. The molecule has 1 atom stereocenters. The van der Waals surface area contributed by atoms with Crippen LogP contribution in [0.3, 0.4) is 0 Å². The Bertz CT molecular complexity index is 1820. The Morgan fingerprint density at radius 3 is 2.07 bits per heavy atom. The van der Waals surface area contributed by atoms with Crippen molar-refractivity contribution in [1.82, 2.24) is 4.90 Å². The first kappa shape index (κ1) is 51.9. The molecular formula is C55H81FN2O2. The van der Waals surface area contributed by atoms with E-state index in [0.29, 0.717) is 5.92 Å². The van der Waals surface area contributed by atoms with Crippen LogP contribution in [0, 0.1) is 18.7 Å². The van der Waals surface area contributed by atoms with E-state index in [9.17, 15) is 14.3 Å². The highest BCUT2D eigenvalue weighted by Crippen LogP contribution is 2.46. The summed E-state index contributed by atoms with van der Waals surface area (Å²) < 4.78 is 13.1. The lowest BCUT2D eigenvalue weighted by Crippen LogP contribution is -2.28. The summed E-state index contributed by atoms with van der Waals surface area (Å²) >= 11 is 0. The molecule has 1 unspecified atom stereocenters. The van der Waals surface area contributed by atoms with Crippen molar-refractivity contribution in [2.45, 2.75) is 152 Å². The second-order valence-corrected chi connectivity index (χ2v) is 16.5. The monoisotopic (exact) mass is 821 g/mol. The van der Waals surface area contributed by atoms with Crippen molar-refractivity contribution >= 4 is 17.5 Å². The zero-order valence-corrected chi connectivity index (χ0v) is 39.5. The number of anilines is 1. The number of aryl methyl sites for hydroxylation is 1. The van der Waals surface area contributed by atoms with Crippen LogP contribution < -0.4 is 5.32 Å². The number of nitrogens with zero attached hydrogens (tertiary/aromatic N) is 1. The van der Waals surface area contributed by atoms with Crippen LogP contribution in [0.25, 0.3) is 16.7 Å². The number of benzene rings is 4. The molecule has 0 spiro atoms. The van der Waals surface area contributed by atoms with Crippen LogP contribution in [0.5, 0.6) is 5.75 Å². The number of hydrogen-bond acceptors (Lipinski definition) is 4. The number of hydrogen-bond donors (Lipinski definition) is 2. The molecule has 4 nitrogen and oxygen atoms in total. The smallest absolute Gasteiger partial charge is 0.150 e. The minimum Gasteiger partial charge on any atom is -0.507 e. The second kappa shape index (κ2) is 29.1. The van der Waals surface area contributed by atoms with Crippen molar-refractivity contribution in [3.63, 3.8) is 0 Å². The van der Waals surface area contributed by atoms with Crippen LogP contribution in [0.4, 0.5) is 10.1 Å². The predicted octanol–water partition coefficient (Wildman–Crippen LogP) is 15.9. The molecule has 2 N–H and O–H groups in total. The summed E-state index contributed by atoms with van der Waals surface area (Å²) in [5, 5.41) is 13.4. The number of aldehydes is 1. The van der Waals surface area contributed by atoms with Crippen molar-refractivity contribution in [2.75, 3.05) is 32.0 Å². The molecular weight excluding hydrogens is 740 g/mol. The third-order valence-electron chi connectivity index (χ3n) is 12.0. The molecule has 0 aromatic heterocycles. The first-order valence-corrected chi connectivity index (χ1v) is 23.3. The molecule has 330 valence electrons. The van der Waals surface area contributed by atoms with Gasteiger partial charge in [0.2, 0.25) is 0 Å². The van der Waals surface area contributed by atoms with E-state index < -0.39 is 0 Å². The number of phenolic OH excluding ortho intramolecular Hbond substituents is 1. The molecule has 0 heterocycles. The van der Waals surface area contributed by atoms with Gasteiger partial charge in [0.25, 0.3) is 0 Å². The van der Waals surface area contributed by atoms with E-state index in [0.717, 1.165) is 65.8 Å². The molecule has 0 bridgehead atoms. The molecule has 0 radical (unpaired) electrons. The number of carbonyl (C=O) groups excluding carboxylic acids is 1. The largest absolute Gasteiger partial charge is 0.507 e. The summed E-state index contributed by atoms with van der Waals surface area (Å²) in [6.45, 7) is 26.0. The molecule has 1 aliphatic carbocycles. The van der Waals surface area contributed by atoms with Crippen molar-refractivity contribution in [3.05, 3.63) is 124 Å². The van der Waals surface area contributed by atoms with E-state index in [2.05, 4.69) is 89.9 Å². The Balaban J connectivity index is 0.000000308. The van der Waals surface area contributed by atoms with Gasteiger partial charge >= 0.3 is 0 Å². The lowest BCUT2D eigenvalue weighted by atomic mass is 9.76. The number of allylic oxidation sites excluding steroid dienone is 2. The lowest BCUT2D eigenvalue weighted by Gasteiger charge is -2.29. The molecule has 1 aliphatic rings. The van der Waals surface area contributed by atoms with E-state index in [1.165, 1.54) is 117 Å². The molecule has 0 aliphatic heterocycles. The van der Waals surface area contributed by atoms with E-state index in [1.807, 2.05) is 45.2 Å². The van der Waals surface area contributed by atoms with Crippen LogP contribution in [0.1, 0.15) is 177 Å². The van der Waals surface area contributed by atoms with Crippen molar-refractivity contribution in [3.8, 4) is 16.9 Å². The van der Waals surface area contributed by atoms with Gasteiger partial charge in [0.15, 0.2) is 0 Å². The molecule has 60 heavy (non-hydrogen) atoms. The Hall–Kier alpha value is -4.22. The second-order valence-electron chi connectivity index (χ2n) is 16.5. The van der Waals surface area contributed by atoms with Gasteiger partial charge in [-0.1, -0.05) is 141 Å². The number of nitrogens with one attached hydrogen (secondary N) is 1. The highest BCUT2D eigenvalue weighted by atomic mass is 19.1. The summed E-state index contributed by atoms with van der Waals surface area (Å²) in [7, 11) is 1.84. The predicted molar refractivity (Wildman–Crippen MR) is 260 cm³/mol. The van der Waals surface area contributed by atoms with Crippen LogP contribution in [0.15, 0.2) is 84.4 Å². The Labute approximate surface area is 366 Å². The van der Waals surface area contributed by atoms with Gasteiger partial charge in [0, 0.05) is 29.9 Å². The Morgan fingerprint density at radius 1 is 0.850 bits per heavy atom. The molecule has 4 aromatic rings. The molecule has 0 saturated heterocycles.